The average molecular weight is 388 g/mol. The second-order valence-electron chi connectivity index (χ2n) is 7.05. The number of carbonyl (C=O) groups is 1. The van der Waals surface area contributed by atoms with Crippen molar-refractivity contribution in [2.24, 2.45) is 0 Å². The van der Waals surface area contributed by atoms with Crippen molar-refractivity contribution in [1.29, 1.82) is 0 Å². The van der Waals surface area contributed by atoms with Gasteiger partial charge in [-0.3, -0.25) is 4.79 Å². The van der Waals surface area contributed by atoms with Crippen molar-refractivity contribution in [3.63, 3.8) is 0 Å². The number of aryl methyl sites for hydroxylation is 2. The van der Waals surface area contributed by atoms with Gasteiger partial charge in [-0.1, -0.05) is 11.6 Å². The van der Waals surface area contributed by atoms with Crippen LogP contribution >= 0.6 is 11.6 Å². The smallest absolute Gasteiger partial charge is 0.262 e. The van der Waals surface area contributed by atoms with Crippen LogP contribution in [0.4, 0.5) is 11.4 Å². The Morgan fingerprint density at radius 2 is 1.67 bits per heavy atom. The lowest BCUT2D eigenvalue weighted by Gasteiger charge is -2.34. The van der Waals surface area contributed by atoms with Crippen LogP contribution < -0.4 is 15.0 Å². The summed E-state index contributed by atoms with van der Waals surface area (Å²) in [5.74, 6) is 0.461. The van der Waals surface area contributed by atoms with Gasteiger partial charge in [0.15, 0.2) is 6.61 Å². The van der Waals surface area contributed by atoms with Gasteiger partial charge in [0.05, 0.1) is 0 Å². The van der Waals surface area contributed by atoms with E-state index in [9.17, 15) is 4.79 Å². The van der Waals surface area contributed by atoms with Gasteiger partial charge in [-0.05, 0) is 68.4 Å². The highest BCUT2D eigenvalue weighted by atomic mass is 35.5. The molecule has 0 aromatic heterocycles. The summed E-state index contributed by atoms with van der Waals surface area (Å²) >= 11 is 6.15. The number of hydrogen-bond acceptors (Lipinski definition) is 4. The number of nitrogens with one attached hydrogen (secondary N) is 1. The van der Waals surface area contributed by atoms with E-state index in [1.807, 2.05) is 50.2 Å². The lowest BCUT2D eigenvalue weighted by Crippen LogP contribution is -2.44. The number of likely N-dealkylation sites (N-methyl/N-ethyl adjacent to an activating group) is 1. The summed E-state index contributed by atoms with van der Waals surface area (Å²) in [6.07, 6.45) is 0. The topological polar surface area (TPSA) is 44.8 Å². The molecule has 0 bridgehead atoms. The van der Waals surface area contributed by atoms with Gasteiger partial charge in [-0.15, -0.1) is 0 Å². The molecule has 1 aliphatic rings. The van der Waals surface area contributed by atoms with E-state index in [1.165, 1.54) is 5.69 Å². The third-order valence-corrected chi connectivity index (χ3v) is 5.40. The van der Waals surface area contributed by atoms with Crippen LogP contribution in [0.25, 0.3) is 0 Å². The van der Waals surface area contributed by atoms with Crippen molar-refractivity contribution in [3.8, 4) is 5.75 Å². The van der Waals surface area contributed by atoms with E-state index in [2.05, 4.69) is 22.2 Å². The summed E-state index contributed by atoms with van der Waals surface area (Å²) in [5.41, 5.74) is 3.83. The van der Waals surface area contributed by atoms with Crippen molar-refractivity contribution in [2.75, 3.05) is 50.1 Å². The molecule has 1 aliphatic heterocycles. The zero-order valence-corrected chi connectivity index (χ0v) is 16.8. The van der Waals surface area contributed by atoms with Gasteiger partial charge in [0.25, 0.3) is 5.91 Å². The van der Waals surface area contributed by atoms with Crippen LogP contribution in [-0.2, 0) is 4.79 Å². The fraction of sp³-hybridized carbons (Fsp3) is 0.381. The van der Waals surface area contributed by atoms with E-state index in [0.29, 0.717) is 5.75 Å². The first-order valence-corrected chi connectivity index (χ1v) is 9.53. The van der Waals surface area contributed by atoms with E-state index in [1.54, 1.807) is 0 Å². The van der Waals surface area contributed by atoms with E-state index in [-0.39, 0.29) is 12.5 Å². The molecule has 1 N–H and O–H groups in total. The number of ether oxygens (including phenoxy) is 1. The Balaban J connectivity index is 1.52. The van der Waals surface area contributed by atoms with Crippen LogP contribution in [0.3, 0.4) is 0 Å². The van der Waals surface area contributed by atoms with Gasteiger partial charge in [-0.2, -0.15) is 0 Å². The zero-order valence-electron chi connectivity index (χ0n) is 16.1. The van der Waals surface area contributed by atoms with Crippen LogP contribution in [0.2, 0.25) is 5.02 Å². The molecule has 0 aliphatic carbocycles. The molecule has 144 valence electrons. The lowest BCUT2D eigenvalue weighted by atomic mass is 10.1. The summed E-state index contributed by atoms with van der Waals surface area (Å²) in [7, 11) is 2.14. The highest BCUT2D eigenvalue weighted by Crippen LogP contribution is 2.26. The molecule has 0 saturated carbocycles. The molecule has 0 spiro atoms. The molecule has 1 amide bonds. The maximum atomic E-state index is 12.2. The standard InChI is InChI=1S/C21H26ClN3O2/c1-15-12-19(13-16(2)21(15)22)27-14-20(26)23-17-4-6-18(7-5-17)25-10-8-24(3)9-11-25/h4-7,12-13H,8-11,14H2,1-3H3,(H,23,26). The molecular weight excluding hydrogens is 362 g/mol. The van der Waals surface area contributed by atoms with Crippen molar-refractivity contribution >= 4 is 28.9 Å². The molecule has 0 radical (unpaired) electrons. The number of nitrogens with zero attached hydrogens (tertiary/aromatic N) is 2. The second-order valence-corrected chi connectivity index (χ2v) is 7.42. The minimum absolute atomic E-state index is 0.0409. The third kappa shape index (κ3) is 5.15. The third-order valence-electron chi connectivity index (χ3n) is 4.80. The Labute approximate surface area is 165 Å². The summed E-state index contributed by atoms with van der Waals surface area (Å²) in [6.45, 7) is 7.99. The van der Waals surface area contributed by atoms with Crippen LogP contribution in [0.1, 0.15) is 11.1 Å². The largest absolute Gasteiger partial charge is 0.484 e. The van der Waals surface area contributed by atoms with Gasteiger partial charge < -0.3 is 19.9 Å². The monoisotopic (exact) mass is 387 g/mol. The number of benzene rings is 2. The zero-order chi connectivity index (χ0) is 19.4. The minimum atomic E-state index is -0.187. The Hall–Kier alpha value is -2.24. The lowest BCUT2D eigenvalue weighted by molar-refractivity contribution is -0.118. The molecule has 27 heavy (non-hydrogen) atoms. The van der Waals surface area contributed by atoms with Crippen molar-refractivity contribution < 1.29 is 9.53 Å². The first kappa shape index (κ1) is 19.5. The van der Waals surface area contributed by atoms with Gasteiger partial charge in [0, 0.05) is 42.6 Å². The number of carbonyl (C=O) groups excluding carboxylic acids is 1. The molecule has 2 aromatic carbocycles. The summed E-state index contributed by atoms with van der Waals surface area (Å²) in [5, 5.41) is 3.60. The highest BCUT2D eigenvalue weighted by Gasteiger charge is 2.14. The molecule has 2 aromatic rings. The second kappa shape index (κ2) is 8.63. The summed E-state index contributed by atoms with van der Waals surface area (Å²) < 4.78 is 5.60. The molecule has 1 heterocycles. The Bertz CT molecular complexity index is 777. The van der Waals surface area contributed by atoms with Crippen molar-refractivity contribution in [1.82, 2.24) is 4.90 Å². The Morgan fingerprint density at radius 1 is 1.07 bits per heavy atom. The van der Waals surface area contributed by atoms with E-state index < -0.39 is 0 Å². The van der Waals surface area contributed by atoms with Crippen LogP contribution in [0, 0.1) is 13.8 Å². The molecule has 5 nitrogen and oxygen atoms in total. The number of halogens is 1. The highest BCUT2D eigenvalue weighted by molar-refractivity contribution is 6.32. The van der Waals surface area contributed by atoms with Gasteiger partial charge in [-0.25, -0.2) is 0 Å². The van der Waals surface area contributed by atoms with E-state index in [4.69, 9.17) is 16.3 Å². The Morgan fingerprint density at radius 3 is 2.26 bits per heavy atom. The van der Waals surface area contributed by atoms with E-state index in [0.717, 1.165) is 48.0 Å². The summed E-state index contributed by atoms with van der Waals surface area (Å²) in [6, 6.07) is 11.6. The average Bonchev–Trinajstić information content (AvgIpc) is 2.65. The van der Waals surface area contributed by atoms with Gasteiger partial charge in [0.1, 0.15) is 5.75 Å². The van der Waals surface area contributed by atoms with Gasteiger partial charge >= 0.3 is 0 Å². The predicted molar refractivity (Wildman–Crippen MR) is 111 cm³/mol. The number of rotatable bonds is 5. The number of anilines is 2. The maximum Gasteiger partial charge on any atom is 0.262 e. The van der Waals surface area contributed by atoms with Crippen molar-refractivity contribution in [2.45, 2.75) is 13.8 Å². The Kier molecular flexibility index (Phi) is 6.24. The first-order valence-electron chi connectivity index (χ1n) is 9.15. The van der Waals surface area contributed by atoms with Gasteiger partial charge in [0.2, 0.25) is 0 Å². The fourth-order valence-electron chi connectivity index (χ4n) is 3.16. The molecule has 1 fully saturated rings. The molecular formula is C21H26ClN3O2. The molecule has 1 saturated heterocycles. The summed E-state index contributed by atoms with van der Waals surface area (Å²) in [4.78, 5) is 16.9. The fourth-order valence-corrected chi connectivity index (χ4v) is 3.26. The van der Waals surface area contributed by atoms with Crippen molar-refractivity contribution in [3.05, 3.63) is 52.5 Å². The SMILES string of the molecule is Cc1cc(OCC(=O)Nc2ccc(N3CCN(C)CC3)cc2)cc(C)c1Cl. The predicted octanol–water partition coefficient (Wildman–Crippen LogP) is 3.73. The number of piperazine rings is 1. The molecule has 0 unspecified atom stereocenters. The molecule has 0 atom stereocenters. The van der Waals surface area contributed by atoms with Crippen LogP contribution in [0.15, 0.2) is 36.4 Å². The van der Waals surface area contributed by atoms with E-state index >= 15 is 0 Å². The number of hydrogen-bond donors (Lipinski definition) is 1. The first-order chi connectivity index (χ1) is 12.9. The molecule has 6 heteroatoms. The number of amides is 1. The molecule has 3 rings (SSSR count). The maximum absolute atomic E-state index is 12.2. The normalized spacial score (nSPS) is 14.9. The minimum Gasteiger partial charge on any atom is -0.484 e. The quantitative estimate of drug-likeness (QED) is 0.849. The van der Waals surface area contributed by atoms with Crippen LogP contribution in [0.5, 0.6) is 5.75 Å². The van der Waals surface area contributed by atoms with Crippen LogP contribution in [-0.4, -0.2) is 50.6 Å².